The molecular weight excluding hydrogens is 366 g/mol. The molecule has 0 spiro atoms. The Kier molecular flexibility index (Phi) is 5.09. The van der Waals surface area contributed by atoms with Crippen molar-refractivity contribution >= 4 is 22.7 Å². The maximum absolute atomic E-state index is 11.9. The van der Waals surface area contributed by atoms with Gasteiger partial charge in [-0.15, -0.1) is 0 Å². The number of fused-ring (bicyclic) bond motifs is 1. The number of aromatic nitrogens is 1. The molecule has 29 heavy (non-hydrogen) atoms. The van der Waals surface area contributed by atoms with Gasteiger partial charge >= 0.3 is 0 Å². The van der Waals surface area contributed by atoms with E-state index in [1.165, 1.54) is 0 Å². The number of hydrazone groups is 1. The summed E-state index contributed by atoms with van der Waals surface area (Å²) in [5.74, 6) is 1.32. The van der Waals surface area contributed by atoms with Gasteiger partial charge in [-0.3, -0.25) is 4.79 Å². The number of carbonyl (C=O) groups excluding carboxylic acids is 1. The first-order valence-electron chi connectivity index (χ1n) is 10.0. The van der Waals surface area contributed by atoms with Crippen molar-refractivity contribution < 1.29 is 13.9 Å². The maximum atomic E-state index is 11.9. The number of nitrogens with one attached hydrogen (secondary N) is 1. The predicted molar refractivity (Wildman–Crippen MR) is 113 cm³/mol. The topological polar surface area (TPSA) is 76.7 Å². The molecule has 4 rings (SSSR count). The summed E-state index contributed by atoms with van der Waals surface area (Å²) in [5.41, 5.74) is 6.83. The normalized spacial score (nSPS) is 19.3. The second-order valence-corrected chi connectivity index (χ2v) is 7.67. The van der Waals surface area contributed by atoms with Gasteiger partial charge in [0.25, 0.3) is 0 Å². The molecule has 1 N–H and O–H groups in total. The monoisotopic (exact) mass is 391 g/mol. The van der Waals surface area contributed by atoms with E-state index in [0.717, 1.165) is 34.5 Å². The third-order valence-corrected chi connectivity index (χ3v) is 5.25. The Balaban J connectivity index is 1.65. The summed E-state index contributed by atoms with van der Waals surface area (Å²) in [5, 5.41) is 4.33. The second kappa shape index (κ2) is 7.70. The minimum absolute atomic E-state index is 0.0338. The molecular formula is C23H25N3O3. The van der Waals surface area contributed by atoms with Gasteiger partial charge in [0.05, 0.1) is 11.8 Å². The SMILES string of the molecule is CCC1C(c2ccc3nc(-c4ccc(OC(C)C)cc4)oc3c2)=NNC(=O)C1C. The molecule has 2 heterocycles. The number of nitrogens with zero attached hydrogens (tertiary/aromatic N) is 2. The van der Waals surface area contributed by atoms with Gasteiger partial charge in [0, 0.05) is 23.0 Å². The van der Waals surface area contributed by atoms with Crippen LogP contribution in [0.2, 0.25) is 0 Å². The summed E-state index contributed by atoms with van der Waals surface area (Å²) < 4.78 is 11.7. The van der Waals surface area contributed by atoms with Gasteiger partial charge in [0.1, 0.15) is 11.3 Å². The maximum Gasteiger partial charge on any atom is 0.243 e. The van der Waals surface area contributed by atoms with Gasteiger partial charge < -0.3 is 9.15 Å². The van der Waals surface area contributed by atoms with Crippen molar-refractivity contribution in [3.8, 4) is 17.2 Å². The lowest BCUT2D eigenvalue weighted by Gasteiger charge is -2.27. The number of hydrogen-bond donors (Lipinski definition) is 1. The van der Waals surface area contributed by atoms with Crippen molar-refractivity contribution in [2.24, 2.45) is 16.9 Å². The van der Waals surface area contributed by atoms with Gasteiger partial charge in [0.2, 0.25) is 11.8 Å². The zero-order valence-corrected chi connectivity index (χ0v) is 17.1. The van der Waals surface area contributed by atoms with Crippen LogP contribution in [-0.2, 0) is 4.79 Å². The highest BCUT2D eigenvalue weighted by atomic mass is 16.5. The average Bonchev–Trinajstić information content (AvgIpc) is 3.13. The largest absolute Gasteiger partial charge is 0.491 e. The standard InChI is InChI=1S/C23H25N3O3/c1-5-18-14(4)22(27)26-25-21(18)16-8-11-19-20(12-16)29-23(24-19)15-6-9-17(10-7-15)28-13(2)3/h6-14,18H,5H2,1-4H3,(H,26,27). The Morgan fingerprint density at radius 2 is 1.86 bits per heavy atom. The first-order valence-corrected chi connectivity index (χ1v) is 10.0. The lowest BCUT2D eigenvalue weighted by atomic mass is 9.83. The molecule has 0 bridgehead atoms. The van der Waals surface area contributed by atoms with Crippen molar-refractivity contribution in [1.29, 1.82) is 0 Å². The molecule has 1 aliphatic heterocycles. The number of benzene rings is 2. The van der Waals surface area contributed by atoms with Gasteiger partial charge in [-0.1, -0.05) is 19.9 Å². The molecule has 0 radical (unpaired) electrons. The molecule has 1 aromatic heterocycles. The summed E-state index contributed by atoms with van der Waals surface area (Å²) in [7, 11) is 0. The molecule has 150 valence electrons. The van der Waals surface area contributed by atoms with E-state index in [-0.39, 0.29) is 23.8 Å². The third kappa shape index (κ3) is 3.75. The van der Waals surface area contributed by atoms with Crippen molar-refractivity contribution in [3.05, 3.63) is 48.0 Å². The van der Waals surface area contributed by atoms with Gasteiger partial charge in [0.15, 0.2) is 5.58 Å². The highest BCUT2D eigenvalue weighted by Crippen LogP contribution is 2.30. The van der Waals surface area contributed by atoms with Crippen LogP contribution in [0.25, 0.3) is 22.6 Å². The summed E-state index contributed by atoms with van der Waals surface area (Å²) in [4.78, 5) is 16.5. The molecule has 0 saturated heterocycles. The minimum atomic E-state index is -0.111. The van der Waals surface area contributed by atoms with E-state index >= 15 is 0 Å². The van der Waals surface area contributed by atoms with E-state index in [9.17, 15) is 4.79 Å². The van der Waals surface area contributed by atoms with Crippen molar-refractivity contribution in [1.82, 2.24) is 10.4 Å². The molecule has 0 saturated carbocycles. The Bertz CT molecular complexity index is 1070. The number of oxazole rings is 1. The summed E-state index contributed by atoms with van der Waals surface area (Å²) in [6, 6.07) is 13.6. The fourth-order valence-electron chi connectivity index (χ4n) is 3.70. The van der Waals surface area contributed by atoms with E-state index in [4.69, 9.17) is 9.15 Å². The average molecular weight is 391 g/mol. The molecule has 1 amide bonds. The Morgan fingerprint density at radius 3 is 2.55 bits per heavy atom. The summed E-state index contributed by atoms with van der Waals surface area (Å²) in [6.45, 7) is 8.01. The van der Waals surface area contributed by atoms with Crippen molar-refractivity contribution in [3.63, 3.8) is 0 Å². The number of amides is 1. The molecule has 6 nitrogen and oxygen atoms in total. The van der Waals surface area contributed by atoms with Crippen molar-refractivity contribution in [2.75, 3.05) is 0 Å². The first-order chi connectivity index (χ1) is 14.0. The Hall–Kier alpha value is -3.15. The zero-order chi connectivity index (χ0) is 20.5. The van der Waals surface area contributed by atoms with E-state index in [1.807, 2.05) is 63.2 Å². The molecule has 6 heteroatoms. The van der Waals surface area contributed by atoms with E-state index in [1.54, 1.807) is 0 Å². The van der Waals surface area contributed by atoms with Gasteiger partial charge in [-0.05, 0) is 56.7 Å². The van der Waals surface area contributed by atoms with Crippen LogP contribution in [0, 0.1) is 11.8 Å². The Morgan fingerprint density at radius 1 is 1.14 bits per heavy atom. The highest BCUT2D eigenvalue weighted by Gasteiger charge is 2.31. The van der Waals surface area contributed by atoms with E-state index < -0.39 is 0 Å². The number of rotatable bonds is 5. The molecule has 2 aromatic carbocycles. The van der Waals surface area contributed by atoms with Crippen LogP contribution >= 0.6 is 0 Å². The number of carbonyl (C=O) groups is 1. The number of ether oxygens (including phenoxy) is 1. The fraction of sp³-hybridized carbons (Fsp3) is 0.348. The molecule has 0 aliphatic carbocycles. The smallest absolute Gasteiger partial charge is 0.243 e. The van der Waals surface area contributed by atoms with Gasteiger partial charge in [-0.2, -0.15) is 5.10 Å². The molecule has 2 unspecified atom stereocenters. The summed E-state index contributed by atoms with van der Waals surface area (Å²) >= 11 is 0. The predicted octanol–water partition coefficient (Wildman–Crippen LogP) is 4.78. The molecule has 1 aliphatic rings. The second-order valence-electron chi connectivity index (χ2n) is 7.67. The van der Waals surface area contributed by atoms with Crippen LogP contribution in [0.1, 0.15) is 39.7 Å². The quantitative estimate of drug-likeness (QED) is 0.679. The third-order valence-electron chi connectivity index (χ3n) is 5.25. The van der Waals surface area contributed by atoms with Crippen LogP contribution in [0.4, 0.5) is 0 Å². The van der Waals surface area contributed by atoms with Crippen LogP contribution in [-0.4, -0.2) is 22.7 Å². The van der Waals surface area contributed by atoms with Crippen LogP contribution < -0.4 is 10.2 Å². The molecule has 2 atom stereocenters. The van der Waals surface area contributed by atoms with Crippen LogP contribution in [0.15, 0.2) is 52.0 Å². The number of hydrogen-bond acceptors (Lipinski definition) is 5. The fourth-order valence-corrected chi connectivity index (χ4v) is 3.70. The lowest BCUT2D eigenvalue weighted by Crippen LogP contribution is -2.40. The molecule has 3 aromatic rings. The minimum Gasteiger partial charge on any atom is -0.491 e. The van der Waals surface area contributed by atoms with E-state index in [2.05, 4.69) is 22.4 Å². The zero-order valence-electron chi connectivity index (χ0n) is 17.1. The highest BCUT2D eigenvalue weighted by molar-refractivity contribution is 6.07. The van der Waals surface area contributed by atoms with E-state index in [0.29, 0.717) is 11.5 Å². The molecule has 0 fully saturated rings. The van der Waals surface area contributed by atoms with Gasteiger partial charge in [-0.25, -0.2) is 10.4 Å². The van der Waals surface area contributed by atoms with Crippen LogP contribution in [0.5, 0.6) is 5.75 Å². The summed E-state index contributed by atoms with van der Waals surface area (Å²) in [6.07, 6.45) is 0.975. The van der Waals surface area contributed by atoms with Crippen molar-refractivity contribution in [2.45, 2.75) is 40.2 Å². The van der Waals surface area contributed by atoms with Crippen LogP contribution in [0.3, 0.4) is 0 Å². The first kappa shape index (κ1) is 19.2. The lowest BCUT2D eigenvalue weighted by molar-refractivity contribution is -0.125. The Labute approximate surface area is 170 Å².